The SMILES string of the molecule is CC1(C)CC1C(Cl)Cc1c(F)cccc1Cl. The minimum Gasteiger partial charge on any atom is -0.207 e. The molecule has 0 radical (unpaired) electrons. The summed E-state index contributed by atoms with van der Waals surface area (Å²) in [6, 6.07) is 4.76. The van der Waals surface area contributed by atoms with Crippen molar-refractivity contribution in [3.63, 3.8) is 0 Å². The number of hydrogen-bond acceptors (Lipinski definition) is 0. The van der Waals surface area contributed by atoms with E-state index in [1.807, 2.05) is 0 Å². The van der Waals surface area contributed by atoms with Crippen LogP contribution in [0.25, 0.3) is 0 Å². The third-order valence-electron chi connectivity index (χ3n) is 3.49. The Labute approximate surface area is 106 Å². The van der Waals surface area contributed by atoms with Gasteiger partial charge >= 0.3 is 0 Å². The second-order valence-electron chi connectivity index (χ2n) is 5.22. The molecule has 1 saturated carbocycles. The van der Waals surface area contributed by atoms with Crippen molar-refractivity contribution in [2.45, 2.75) is 32.1 Å². The average molecular weight is 261 g/mol. The zero-order valence-corrected chi connectivity index (χ0v) is 10.9. The van der Waals surface area contributed by atoms with E-state index in [2.05, 4.69) is 13.8 Å². The maximum Gasteiger partial charge on any atom is 0.127 e. The van der Waals surface area contributed by atoms with Crippen LogP contribution in [0.3, 0.4) is 0 Å². The van der Waals surface area contributed by atoms with Crippen molar-refractivity contribution in [2.24, 2.45) is 11.3 Å². The Morgan fingerprint density at radius 3 is 2.62 bits per heavy atom. The monoisotopic (exact) mass is 260 g/mol. The van der Waals surface area contributed by atoms with Crippen molar-refractivity contribution in [3.8, 4) is 0 Å². The van der Waals surface area contributed by atoms with Gasteiger partial charge in [-0.3, -0.25) is 0 Å². The molecule has 0 heterocycles. The fourth-order valence-corrected chi connectivity index (χ4v) is 3.01. The first-order valence-electron chi connectivity index (χ1n) is 5.49. The van der Waals surface area contributed by atoms with Gasteiger partial charge in [0.2, 0.25) is 0 Å². The minimum atomic E-state index is -0.253. The molecule has 0 aromatic heterocycles. The third-order valence-corrected chi connectivity index (χ3v) is 4.30. The van der Waals surface area contributed by atoms with Crippen LogP contribution in [0.15, 0.2) is 18.2 Å². The number of benzene rings is 1. The Morgan fingerprint density at radius 1 is 1.50 bits per heavy atom. The largest absolute Gasteiger partial charge is 0.207 e. The summed E-state index contributed by atoms with van der Waals surface area (Å²) in [5.74, 6) is 0.224. The minimum absolute atomic E-state index is 0.0237. The lowest BCUT2D eigenvalue weighted by Crippen LogP contribution is -2.11. The molecule has 88 valence electrons. The van der Waals surface area contributed by atoms with E-state index in [9.17, 15) is 4.39 Å². The molecular weight excluding hydrogens is 246 g/mol. The van der Waals surface area contributed by atoms with E-state index >= 15 is 0 Å². The molecule has 2 unspecified atom stereocenters. The Kier molecular flexibility index (Phi) is 3.20. The number of rotatable bonds is 3. The molecule has 16 heavy (non-hydrogen) atoms. The Balaban J connectivity index is 2.10. The standard InChI is InChI=1S/C13H15Cl2F/c1-13(2)7-9(13)11(15)6-8-10(14)4-3-5-12(8)16/h3-5,9,11H,6-7H2,1-2H3. The van der Waals surface area contributed by atoms with Crippen molar-refractivity contribution >= 4 is 23.2 Å². The van der Waals surface area contributed by atoms with Gasteiger partial charge in [-0.25, -0.2) is 4.39 Å². The van der Waals surface area contributed by atoms with E-state index in [1.54, 1.807) is 12.1 Å². The Morgan fingerprint density at radius 2 is 2.12 bits per heavy atom. The van der Waals surface area contributed by atoms with Gasteiger partial charge in [0.15, 0.2) is 0 Å². The summed E-state index contributed by atoms with van der Waals surface area (Å²) < 4.78 is 13.5. The molecule has 3 heteroatoms. The molecule has 1 aliphatic carbocycles. The van der Waals surface area contributed by atoms with Crippen molar-refractivity contribution < 1.29 is 4.39 Å². The topological polar surface area (TPSA) is 0 Å². The molecule has 2 atom stereocenters. The Hall–Kier alpha value is -0.270. The van der Waals surface area contributed by atoms with Crippen LogP contribution < -0.4 is 0 Å². The molecule has 0 amide bonds. The van der Waals surface area contributed by atoms with Gasteiger partial charge in [0.1, 0.15) is 5.82 Å². The number of halogens is 3. The highest BCUT2D eigenvalue weighted by molar-refractivity contribution is 6.31. The molecule has 1 aromatic rings. The number of hydrogen-bond donors (Lipinski definition) is 0. The summed E-state index contributed by atoms with van der Waals surface area (Å²) in [7, 11) is 0. The molecule has 0 N–H and O–H groups in total. The summed E-state index contributed by atoms with van der Waals surface area (Å²) in [5.41, 5.74) is 0.858. The maximum atomic E-state index is 13.5. The average Bonchev–Trinajstić information content (AvgIpc) is 2.82. The molecule has 0 saturated heterocycles. The van der Waals surface area contributed by atoms with Crippen LogP contribution in [0.1, 0.15) is 25.8 Å². The number of alkyl halides is 1. The quantitative estimate of drug-likeness (QED) is 0.693. The normalized spacial score (nSPS) is 24.2. The first kappa shape index (κ1) is 12.2. The summed E-state index contributed by atoms with van der Waals surface area (Å²) in [6.45, 7) is 4.38. The van der Waals surface area contributed by atoms with Crippen molar-refractivity contribution in [1.29, 1.82) is 0 Å². The maximum absolute atomic E-state index is 13.5. The first-order chi connectivity index (χ1) is 7.42. The van der Waals surface area contributed by atoms with Gasteiger partial charge in [-0.15, -0.1) is 11.6 Å². The zero-order valence-electron chi connectivity index (χ0n) is 9.43. The summed E-state index contributed by atoms with van der Waals surface area (Å²) in [4.78, 5) is 0. The summed E-state index contributed by atoms with van der Waals surface area (Å²) in [6.07, 6.45) is 1.63. The van der Waals surface area contributed by atoms with Gasteiger partial charge in [-0.2, -0.15) is 0 Å². The summed E-state index contributed by atoms with van der Waals surface area (Å²) in [5, 5.41) is 0.452. The fourth-order valence-electron chi connectivity index (χ4n) is 2.19. The van der Waals surface area contributed by atoms with Crippen LogP contribution in [-0.4, -0.2) is 5.38 Å². The van der Waals surface area contributed by atoms with Gasteiger partial charge in [-0.05, 0) is 36.3 Å². The predicted molar refractivity (Wildman–Crippen MR) is 66.6 cm³/mol. The van der Waals surface area contributed by atoms with Crippen LogP contribution in [0, 0.1) is 17.2 Å². The molecule has 1 aromatic carbocycles. The van der Waals surface area contributed by atoms with E-state index in [0.717, 1.165) is 6.42 Å². The zero-order chi connectivity index (χ0) is 11.9. The first-order valence-corrected chi connectivity index (χ1v) is 6.30. The fraction of sp³-hybridized carbons (Fsp3) is 0.538. The van der Waals surface area contributed by atoms with E-state index in [0.29, 0.717) is 28.3 Å². The molecule has 2 rings (SSSR count). The molecule has 0 aliphatic heterocycles. The predicted octanol–water partition coefficient (Wildman–Crippen LogP) is 4.68. The lowest BCUT2D eigenvalue weighted by Gasteiger charge is -2.13. The molecule has 0 bridgehead atoms. The highest BCUT2D eigenvalue weighted by atomic mass is 35.5. The van der Waals surface area contributed by atoms with E-state index in [-0.39, 0.29) is 11.2 Å². The van der Waals surface area contributed by atoms with Crippen molar-refractivity contribution in [3.05, 3.63) is 34.6 Å². The van der Waals surface area contributed by atoms with E-state index in [1.165, 1.54) is 6.07 Å². The van der Waals surface area contributed by atoms with Gasteiger partial charge < -0.3 is 0 Å². The Bertz CT molecular complexity index is 381. The smallest absolute Gasteiger partial charge is 0.127 e. The highest BCUT2D eigenvalue weighted by Crippen LogP contribution is 2.55. The molecule has 1 aliphatic rings. The van der Waals surface area contributed by atoms with Crippen LogP contribution in [-0.2, 0) is 6.42 Å². The van der Waals surface area contributed by atoms with E-state index < -0.39 is 0 Å². The van der Waals surface area contributed by atoms with Crippen LogP contribution in [0.4, 0.5) is 4.39 Å². The van der Waals surface area contributed by atoms with Crippen LogP contribution in [0.2, 0.25) is 5.02 Å². The van der Waals surface area contributed by atoms with Gasteiger partial charge in [0, 0.05) is 16.0 Å². The highest BCUT2D eigenvalue weighted by Gasteiger charge is 2.49. The third kappa shape index (κ3) is 2.36. The van der Waals surface area contributed by atoms with E-state index in [4.69, 9.17) is 23.2 Å². The van der Waals surface area contributed by atoms with Crippen molar-refractivity contribution in [1.82, 2.24) is 0 Å². The molecule has 0 nitrogen and oxygen atoms in total. The van der Waals surface area contributed by atoms with Crippen LogP contribution >= 0.6 is 23.2 Å². The van der Waals surface area contributed by atoms with Crippen LogP contribution in [0.5, 0.6) is 0 Å². The lowest BCUT2D eigenvalue weighted by molar-refractivity contribution is 0.529. The summed E-state index contributed by atoms with van der Waals surface area (Å²) >= 11 is 12.3. The van der Waals surface area contributed by atoms with Gasteiger partial charge in [0.05, 0.1) is 0 Å². The lowest BCUT2D eigenvalue weighted by atomic mass is 10.0. The van der Waals surface area contributed by atoms with Crippen molar-refractivity contribution in [2.75, 3.05) is 0 Å². The molecular formula is C13H15Cl2F. The molecule has 0 spiro atoms. The second kappa shape index (κ2) is 4.19. The second-order valence-corrected chi connectivity index (χ2v) is 6.19. The van der Waals surface area contributed by atoms with Gasteiger partial charge in [-0.1, -0.05) is 31.5 Å². The molecule has 1 fully saturated rings. The van der Waals surface area contributed by atoms with Gasteiger partial charge in [0.25, 0.3) is 0 Å².